The number of carbonyl (C=O) groups is 1. The van der Waals surface area contributed by atoms with Crippen molar-refractivity contribution in [3.63, 3.8) is 0 Å². The third-order valence-corrected chi connectivity index (χ3v) is 5.12. The molecule has 2 aromatic rings. The number of hydrogen-bond acceptors (Lipinski definition) is 3. The summed E-state index contributed by atoms with van der Waals surface area (Å²) < 4.78 is 0. The lowest BCUT2D eigenvalue weighted by Gasteiger charge is -2.23. The van der Waals surface area contributed by atoms with E-state index in [1.54, 1.807) is 6.20 Å². The molecule has 1 amide bonds. The number of nitrogens with zero attached hydrogens (tertiary/aromatic N) is 2. The Morgan fingerprint density at radius 2 is 1.85 bits per heavy atom. The van der Waals surface area contributed by atoms with E-state index in [4.69, 9.17) is 0 Å². The molecular formula is C22H29N3O. The zero-order valence-electron chi connectivity index (χ0n) is 15.7. The van der Waals surface area contributed by atoms with E-state index in [-0.39, 0.29) is 5.91 Å². The van der Waals surface area contributed by atoms with Gasteiger partial charge in [0.2, 0.25) is 0 Å². The van der Waals surface area contributed by atoms with Crippen molar-refractivity contribution in [1.29, 1.82) is 0 Å². The molecule has 1 N–H and O–H groups in total. The van der Waals surface area contributed by atoms with Gasteiger partial charge in [0.1, 0.15) is 5.82 Å². The third kappa shape index (κ3) is 5.07. The Hall–Kier alpha value is -2.36. The summed E-state index contributed by atoms with van der Waals surface area (Å²) in [4.78, 5) is 19.4. The van der Waals surface area contributed by atoms with Crippen LogP contribution in [0.25, 0.3) is 0 Å². The number of nitrogens with one attached hydrogen (secondary N) is 1. The lowest BCUT2D eigenvalue weighted by Crippen LogP contribution is -2.34. The van der Waals surface area contributed by atoms with E-state index >= 15 is 0 Å². The van der Waals surface area contributed by atoms with Crippen molar-refractivity contribution in [1.82, 2.24) is 10.3 Å². The van der Waals surface area contributed by atoms with Crippen LogP contribution in [-0.4, -0.2) is 23.5 Å². The minimum Gasteiger partial charge on any atom is -0.353 e. The van der Waals surface area contributed by atoms with Crippen molar-refractivity contribution in [2.24, 2.45) is 0 Å². The molecule has 1 aromatic heterocycles. The summed E-state index contributed by atoms with van der Waals surface area (Å²) in [6.45, 7) is 3.75. The largest absolute Gasteiger partial charge is 0.353 e. The molecule has 4 nitrogen and oxygen atoms in total. The number of aromatic nitrogens is 1. The fraction of sp³-hybridized carbons (Fsp3) is 0.455. The molecule has 0 radical (unpaired) electrons. The number of amides is 1. The lowest BCUT2D eigenvalue weighted by molar-refractivity contribution is 0.0933. The van der Waals surface area contributed by atoms with E-state index < -0.39 is 0 Å². The minimum absolute atomic E-state index is 0.0244. The van der Waals surface area contributed by atoms with E-state index in [1.807, 2.05) is 30.3 Å². The zero-order valence-corrected chi connectivity index (χ0v) is 15.7. The highest BCUT2D eigenvalue weighted by atomic mass is 16.1. The van der Waals surface area contributed by atoms with Crippen LogP contribution in [-0.2, 0) is 6.54 Å². The van der Waals surface area contributed by atoms with Gasteiger partial charge >= 0.3 is 0 Å². The van der Waals surface area contributed by atoms with Crippen molar-refractivity contribution in [3.05, 3.63) is 59.8 Å². The number of rotatable bonds is 6. The van der Waals surface area contributed by atoms with Gasteiger partial charge in [-0.1, -0.05) is 56.0 Å². The molecule has 0 saturated heterocycles. The van der Waals surface area contributed by atoms with Crippen LogP contribution < -0.4 is 10.2 Å². The Labute approximate surface area is 156 Å². The van der Waals surface area contributed by atoms with E-state index in [1.165, 1.54) is 31.2 Å². The van der Waals surface area contributed by atoms with Gasteiger partial charge in [-0.05, 0) is 37.5 Å². The van der Waals surface area contributed by atoms with Crippen molar-refractivity contribution in [2.45, 2.75) is 58.0 Å². The molecule has 0 unspecified atom stereocenters. The van der Waals surface area contributed by atoms with Gasteiger partial charge in [-0.15, -0.1) is 0 Å². The maximum atomic E-state index is 12.7. The Balaban J connectivity index is 1.68. The molecule has 138 valence electrons. The molecule has 0 aliphatic heterocycles. The van der Waals surface area contributed by atoms with Crippen molar-refractivity contribution < 1.29 is 4.79 Å². The second kappa shape index (κ2) is 9.37. The van der Waals surface area contributed by atoms with Gasteiger partial charge in [-0.25, -0.2) is 4.98 Å². The molecule has 3 rings (SSSR count). The summed E-state index contributed by atoms with van der Waals surface area (Å²) in [7, 11) is 0. The van der Waals surface area contributed by atoms with Crippen LogP contribution in [0.4, 0.5) is 5.82 Å². The predicted molar refractivity (Wildman–Crippen MR) is 106 cm³/mol. The molecule has 0 atom stereocenters. The first-order valence-corrected chi connectivity index (χ1v) is 9.82. The smallest absolute Gasteiger partial charge is 0.251 e. The molecular weight excluding hydrogens is 322 g/mol. The number of benzene rings is 1. The zero-order chi connectivity index (χ0) is 18.2. The topological polar surface area (TPSA) is 45.2 Å². The Morgan fingerprint density at radius 1 is 1.12 bits per heavy atom. The number of hydrogen-bond donors (Lipinski definition) is 1. The highest BCUT2D eigenvalue weighted by Gasteiger charge is 2.17. The quantitative estimate of drug-likeness (QED) is 0.776. The first-order valence-electron chi connectivity index (χ1n) is 9.82. The molecule has 0 bridgehead atoms. The molecule has 1 saturated carbocycles. The summed E-state index contributed by atoms with van der Waals surface area (Å²) in [6.07, 6.45) is 8.94. The van der Waals surface area contributed by atoms with Crippen LogP contribution in [0.5, 0.6) is 0 Å². The molecule has 1 heterocycles. The molecule has 0 spiro atoms. The molecule has 1 aliphatic rings. The van der Waals surface area contributed by atoms with Gasteiger partial charge < -0.3 is 10.2 Å². The van der Waals surface area contributed by atoms with Crippen LogP contribution in [0.15, 0.2) is 48.7 Å². The first-order chi connectivity index (χ1) is 12.8. The van der Waals surface area contributed by atoms with E-state index in [2.05, 4.69) is 34.3 Å². The first kappa shape index (κ1) is 18.4. The van der Waals surface area contributed by atoms with E-state index in [0.29, 0.717) is 11.6 Å². The monoisotopic (exact) mass is 351 g/mol. The van der Waals surface area contributed by atoms with Crippen LogP contribution >= 0.6 is 0 Å². The Morgan fingerprint density at radius 3 is 2.54 bits per heavy atom. The standard InChI is InChI=1S/C22H29N3O/c1-2-25(17-18-10-6-5-7-11-18)21-16-19(14-15-23-21)22(26)24-20-12-8-3-4-9-13-20/h5-7,10-11,14-16,20H,2-4,8-9,12-13,17H2,1H3,(H,24,26). The minimum atomic E-state index is 0.0244. The summed E-state index contributed by atoms with van der Waals surface area (Å²) in [5.74, 6) is 0.876. The lowest BCUT2D eigenvalue weighted by atomic mass is 10.1. The average Bonchev–Trinajstić information content (AvgIpc) is 2.95. The fourth-order valence-electron chi connectivity index (χ4n) is 3.58. The molecule has 4 heteroatoms. The Kier molecular flexibility index (Phi) is 6.64. The Bertz CT molecular complexity index is 694. The number of pyridine rings is 1. The molecule has 1 aliphatic carbocycles. The number of carbonyl (C=O) groups excluding carboxylic acids is 1. The second-order valence-corrected chi connectivity index (χ2v) is 7.06. The molecule has 1 fully saturated rings. The van der Waals surface area contributed by atoms with Gasteiger partial charge in [0, 0.05) is 30.9 Å². The second-order valence-electron chi connectivity index (χ2n) is 7.06. The fourth-order valence-corrected chi connectivity index (χ4v) is 3.58. The number of anilines is 1. The highest BCUT2D eigenvalue weighted by Crippen LogP contribution is 2.19. The third-order valence-electron chi connectivity index (χ3n) is 5.12. The summed E-state index contributed by atoms with van der Waals surface area (Å²) in [5.41, 5.74) is 1.94. The van der Waals surface area contributed by atoms with Crippen molar-refractivity contribution in [3.8, 4) is 0 Å². The molecule has 1 aromatic carbocycles. The predicted octanol–water partition coefficient (Wildman–Crippen LogP) is 4.56. The normalized spacial score (nSPS) is 15.3. The van der Waals surface area contributed by atoms with Crippen molar-refractivity contribution in [2.75, 3.05) is 11.4 Å². The SMILES string of the molecule is CCN(Cc1ccccc1)c1cc(C(=O)NC2CCCCCC2)ccn1. The van der Waals surface area contributed by atoms with Gasteiger partial charge in [-0.3, -0.25) is 4.79 Å². The van der Waals surface area contributed by atoms with Crippen LogP contribution in [0.2, 0.25) is 0 Å². The highest BCUT2D eigenvalue weighted by molar-refractivity contribution is 5.95. The van der Waals surface area contributed by atoms with Crippen LogP contribution in [0.3, 0.4) is 0 Å². The van der Waals surface area contributed by atoms with Gasteiger partial charge in [-0.2, -0.15) is 0 Å². The van der Waals surface area contributed by atoms with Gasteiger partial charge in [0.05, 0.1) is 0 Å². The summed E-state index contributed by atoms with van der Waals surface area (Å²) in [6, 6.07) is 14.4. The van der Waals surface area contributed by atoms with E-state index in [9.17, 15) is 4.79 Å². The maximum absolute atomic E-state index is 12.7. The van der Waals surface area contributed by atoms with Gasteiger partial charge in [0.15, 0.2) is 0 Å². The van der Waals surface area contributed by atoms with Gasteiger partial charge in [0.25, 0.3) is 5.91 Å². The van der Waals surface area contributed by atoms with Crippen molar-refractivity contribution >= 4 is 11.7 Å². The maximum Gasteiger partial charge on any atom is 0.251 e. The average molecular weight is 351 g/mol. The molecule has 26 heavy (non-hydrogen) atoms. The van der Waals surface area contributed by atoms with Crippen LogP contribution in [0.1, 0.15) is 61.4 Å². The van der Waals surface area contributed by atoms with E-state index in [0.717, 1.165) is 31.7 Å². The summed E-state index contributed by atoms with van der Waals surface area (Å²) >= 11 is 0. The summed E-state index contributed by atoms with van der Waals surface area (Å²) in [5, 5.41) is 3.22. The van der Waals surface area contributed by atoms with Crippen LogP contribution in [0, 0.1) is 0 Å².